The van der Waals surface area contributed by atoms with Crippen molar-refractivity contribution >= 4 is 46.5 Å². The minimum absolute atomic E-state index is 0.00628. The standard InChI is InChI=1S/C28H33BrN3O9P/c1-17(26(35)40-28(2,3)4)31-42(37,41-22-11-7-9-18-8-5-6-10-20(18)22)38-16-23-21(33)14-24(39-23)32-15-19(12-13-29)25(34)30-27(32)36/h5-13,15,17,21,23-24,33H,14,16H2,1-4H3,(H,31,37)(H,30,34,36)/b13-12+/t17-,21-,23+,24+,42?/m0/s1. The summed E-state index contributed by atoms with van der Waals surface area (Å²) in [7, 11) is -4.30. The summed E-state index contributed by atoms with van der Waals surface area (Å²) in [6.45, 7) is 6.18. The predicted octanol–water partition coefficient (Wildman–Crippen LogP) is 4.23. The van der Waals surface area contributed by atoms with Gasteiger partial charge < -0.3 is 19.1 Å². The maximum absolute atomic E-state index is 14.1. The lowest BCUT2D eigenvalue weighted by atomic mass is 10.1. The fourth-order valence-corrected chi connectivity index (χ4v) is 6.09. The second kappa shape index (κ2) is 13.1. The maximum Gasteiger partial charge on any atom is 0.459 e. The number of rotatable bonds is 10. The Morgan fingerprint density at radius 1 is 1.26 bits per heavy atom. The van der Waals surface area contributed by atoms with E-state index in [1.807, 2.05) is 18.2 Å². The number of carbonyl (C=O) groups excluding carboxylic acids is 1. The second-order valence-electron chi connectivity index (χ2n) is 10.7. The van der Waals surface area contributed by atoms with E-state index in [0.29, 0.717) is 5.39 Å². The number of nitrogens with zero attached hydrogens (tertiary/aromatic N) is 1. The Balaban J connectivity index is 1.56. The van der Waals surface area contributed by atoms with Gasteiger partial charge in [0, 0.05) is 18.0 Å². The number of hydrogen-bond acceptors (Lipinski definition) is 9. The van der Waals surface area contributed by atoms with Crippen LogP contribution in [0.1, 0.15) is 45.9 Å². The molecule has 42 heavy (non-hydrogen) atoms. The molecule has 0 radical (unpaired) electrons. The molecule has 5 atom stereocenters. The summed E-state index contributed by atoms with van der Waals surface area (Å²) in [5, 5.41) is 14.9. The molecule has 0 spiro atoms. The van der Waals surface area contributed by atoms with Crippen molar-refractivity contribution in [2.45, 2.75) is 64.2 Å². The second-order valence-corrected chi connectivity index (χ2v) is 12.9. The molecule has 1 aliphatic rings. The van der Waals surface area contributed by atoms with Crippen molar-refractivity contribution in [2.24, 2.45) is 0 Å². The number of aromatic amines is 1. The van der Waals surface area contributed by atoms with Gasteiger partial charge in [0.2, 0.25) is 0 Å². The number of nitrogens with one attached hydrogen (secondary N) is 2. The molecule has 0 saturated carbocycles. The smallest absolute Gasteiger partial charge is 0.459 e. The van der Waals surface area contributed by atoms with Crippen molar-refractivity contribution in [3.63, 3.8) is 0 Å². The van der Waals surface area contributed by atoms with Crippen LogP contribution in [0.25, 0.3) is 16.8 Å². The van der Waals surface area contributed by atoms with Crippen LogP contribution in [-0.4, -0.2) is 51.1 Å². The molecule has 0 aliphatic carbocycles. The minimum atomic E-state index is -4.30. The number of benzene rings is 2. The van der Waals surface area contributed by atoms with Gasteiger partial charge in [0.1, 0.15) is 29.7 Å². The van der Waals surface area contributed by atoms with E-state index in [9.17, 15) is 24.1 Å². The first-order valence-corrected chi connectivity index (χ1v) is 15.6. The minimum Gasteiger partial charge on any atom is -0.459 e. The van der Waals surface area contributed by atoms with Gasteiger partial charge in [0.25, 0.3) is 5.56 Å². The van der Waals surface area contributed by atoms with Crippen molar-refractivity contribution in [3.05, 3.63) is 80.0 Å². The van der Waals surface area contributed by atoms with E-state index >= 15 is 0 Å². The Labute approximate surface area is 250 Å². The summed E-state index contributed by atoms with van der Waals surface area (Å²) in [5.74, 6) is -0.422. The number of esters is 1. The van der Waals surface area contributed by atoms with Gasteiger partial charge >= 0.3 is 19.4 Å². The molecule has 0 amide bonds. The Morgan fingerprint density at radius 2 is 1.98 bits per heavy atom. The molecule has 1 unspecified atom stereocenters. The van der Waals surface area contributed by atoms with Gasteiger partial charge in [-0.15, -0.1) is 0 Å². The molecule has 3 aromatic rings. The van der Waals surface area contributed by atoms with Gasteiger partial charge in [-0.1, -0.05) is 52.3 Å². The monoisotopic (exact) mass is 665 g/mol. The van der Waals surface area contributed by atoms with E-state index < -0.39 is 61.7 Å². The van der Waals surface area contributed by atoms with Crippen molar-refractivity contribution in [2.75, 3.05) is 6.61 Å². The molecule has 1 aliphatic heterocycles. The normalized spacial score (nSPS) is 21.3. The van der Waals surface area contributed by atoms with Gasteiger partial charge in [-0.25, -0.2) is 9.36 Å². The predicted molar refractivity (Wildman–Crippen MR) is 160 cm³/mol. The van der Waals surface area contributed by atoms with Crippen LogP contribution in [0.2, 0.25) is 0 Å². The number of hydrogen-bond donors (Lipinski definition) is 3. The first-order valence-electron chi connectivity index (χ1n) is 13.2. The van der Waals surface area contributed by atoms with E-state index in [2.05, 4.69) is 26.0 Å². The van der Waals surface area contributed by atoms with Crippen LogP contribution >= 0.6 is 23.7 Å². The quantitative estimate of drug-likeness (QED) is 0.211. The average Bonchev–Trinajstić information content (AvgIpc) is 3.28. The largest absolute Gasteiger partial charge is 0.459 e. The zero-order chi connectivity index (χ0) is 30.7. The lowest BCUT2D eigenvalue weighted by Gasteiger charge is -2.27. The fraction of sp³-hybridized carbons (Fsp3) is 0.393. The van der Waals surface area contributed by atoms with Crippen LogP contribution in [0.3, 0.4) is 0 Å². The number of halogens is 1. The third-order valence-corrected chi connectivity index (χ3v) is 8.14. The third kappa shape index (κ3) is 7.85. The van der Waals surface area contributed by atoms with Crippen molar-refractivity contribution in [3.8, 4) is 5.75 Å². The maximum atomic E-state index is 14.1. The number of fused-ring (bicyclic) bond motifs is 1. The Morgan fingerprint density at radius 3 is 2.69 bits per heavy atom. The molecule has 12 nitrogen and oxygen atoms in total. The lowest BCUT2D eigenvalue weighted by molar-refractivity contribution is -0.156. The van der Waals surface area contributed by atoms with E-state index in [1.54, 1.807) is 45.0 Å². The highest BCUT2D eigenvalue weighted by Gasteiger charge is 2.40. The van der Waals surface area contributed by atoms with Gasteiger partial charge in [0.05, 0.1) is 18.3 Å². The summed E-state index contributed by atoms with van der Waals surface area (Å²) >= 11 is 3.10. The van der Waals surface area contributed by atoms with E-state index in [1.165, 1.54) is 24.2 Å². The van der Waals surface area contributed by atoms with Crippen molar-refractivity contribution in [1.29, 1.82) is 0 Å². The average molecular weight is 666 g/mol. The van der Waals surface area contributed by atoms with Crippen molar-refractivity contribution in [1.82, 2.24) is 14.6 Å². The van der Waals surface area contributed by atoms with Crippen LogP contribution in [0, 0.1) is 0 Å². The Bertz CT molecular complexity index is 1630. The topological polar surface area (TPSA) is 158 Å². The highest BCUT2D eigenvalue weighted by atomic mass is 79.9. The molecule has 1 fully saturated rings. The molecule has 1 saturated heterocycles. The highest BCUT2D eigenvalue weighted by molar-refractivity contribution is 9.11. The number of ether oxygens (including phenoxy) is 2. The Hall–Kier alpha value is -3.06. The first kappa shape index (κ1) is 31.9. The van der Waals surface area contributed by atoms with E-state index in [0.717, 1.165) is 9.95 Å². The van der Waals surface area contributed by atoms with Gasteiger partial charge in [0.15, 0.2) is 0 Å². The fourth-order valence-electron chi connectivity index (χ4n) is 4.28. The van der Waals surface area contributed by atoms with E-state index in [-0.39, 0.29) is 17.7 Å². The summed E-state index contributed by atoms with van der Waals surface area (Å²) in [4.78, 5) is 40.9. The lowest BCUT2D eigenvalue weighted by Crippen LogP contribution is -2.39. The number of aromatic nitrogens is 2. The summed E-state index contributed by atoms with van der Waals surface area (Å²) < 4.78 is 38.2. The molecule has 14 heteroatoms. The van der Waals surface area contributed by atoms with Crippen LogP contribution in [0.4, 0.5) is 0 Å². The first-order chi connectivity index (χ1) is 19.8. The molecule has 1 aromatic heterocycles. The zero-order valence-electron chi connectivity index (χ0n) is 23.5. The number of aliphatic hydroxyl groups is 1. The van der Waals surface area contributed by atoms with Gasteiger partial charge in [-0.2, -0.15) is 5.09 Å². The van der Waals surface area contributed by atoms with Gasteiger partial charge in [-0.05, 0) is 50.2 Å². The molecule has 0 bridgehead atoms. The molecule has 2 heterocycles. The number of H-pyrrole nitrogens is 1. The number of aliphatic hydroxyl groups excluding tert-OH is 1. The van der Waals surface area contributed by atoms with E-state index in [4.69, 9.17) is 18.5 Å². The Kier molecular flexibility index (Phi) is 9.92. The van der Waals surface area contributed by atoms with Crippen molar-refractivity contribution < 1.29 is 33.0 Å². The molecular weight excluding hydrogens is 633 g/mol. The molecule has 3 N–H and O–H groups in total. The summed E-state index contributed by atoms with van der Waals surface area (Å²) in [6, 6.07) is 11.4. The van der Waals surface area contributed by atoms with Crippen LogP contribution < -0.4 is 20.9 Å². The molecule has 2 aromatic carbocycles. The van der Waals surface area contributed by atoms with Crippen LogP contribution in [-0.2, 0) is 23.4 Å². The third-order valence-electron chi connectivity index (χ3n) is 6.24. The number of carbonyl (C=O) groups is 1. The summed E-state index contributed by atoms with van der Waals surface area (Å²) in [5.41, 5.74) is -1.89. The SMILES string of the molecule is C[C@H](NP(=O)(OC[C@H]1O[C@@H](n2cc(/C=C/Br)c(=O)[nH]c2=O)C[C@@H]1O)Oc1cccc2ccccc12)C(=O)OC(C)(C)C. The zero-order valence-corrected chi connectivity index (χ0v) is 26.0. The molecule has 4 rings (SSSR count). The highest BCUT2D eigenvalue weighted by Crippen LogP contribution is 2.47. The van der Waals surface area contributed by atoms with Crippen LogP contribution in [0.5, 0.6) is 5.75 Å². The van der Waals surface area contributed by atoms with Crippen LogP contribution in [0.15, 0.2) is 63.2 Å². The molecule has 226 valence electrons. The van der Waals surface area contributed by atoms with Gasteiger partial charge in [-0.3, -0.25) is 23.7 Å². The molecular formula is C28H33BrN3O9P. The summed E-state index contributed by atoms with van der Waals surface area (Å²) in [6.07, 6.45) is -0.303.